The van der Waals surface area contributed by atoms with E-state index < -0.39 is 11.2 Å². The lowest BCUT2D eigenvalue weighted by Crippen LogP contribution is -2.45. The number of urea groups is 1. The lowest BCUT2D eigenvalue weighted by atomic mass is 10.1. The molecular formula is C26H27N7O3S. The second kappa shape index (κ2) is 10.9. The van der Waals surface area contributed by atoms with E-state index in [1.807, 2.05) is 55.7 Å². The molecule has 11 heteroatoms. The summed E-state index contributed by atoms with van der Waals surface area (Å²) in [6, 6.07) is 16.3. The first kappa shape index (κ1) is 24.6. The summed E-state index contributed by atoms with van der Waals surface area (Å²) in [6.45, 7) is 1.36. The lowest BCUT2D eigenvalue weighted by molar-refractivity contribution is 0.102. The highest BCUT2D eigenvalue weighted by atomic mass is 32.2. The maximum absolute atomic E-state index is 13.1. The Hall–Kier alpha value is -4.09. The molecule has 0 spiro atoms. The van der Waals surface area contributed by atoms with E-state index in [1.165, 1.54) is 0 Å². The van der Waals surface area contributed by atoms with Crippen LogP contribution in [0.2, 0.25) is 0 Å². The number of nitrogens with zero attached hydrogens (tertiary/aromatic N) is 4. The van der Waals surface area contributed by atoms with E-state index >= 15 is 0 Å². The summed E-state index contributed by atoms with van der Waals surface area (Å²) in [4.78, 5) is 31.5. The Morgan fingerprint density at radius 3 is 2.70 bits per heavy atom. The number of pyridine rings is 1. The molecule has 0 atom stereocenters. The van der Waals surface area contributed by atoms with E-state index in [2.05, 4.69) is 26.0 Å². The van der Waals surface area contributed by atoms with E-state index in [0.717, 1.165) is 16.5 Å². The molecule has 1 aliphatic rings. The van der Waals surface area contributed by atoms with Gasteiger partial charge in [-0.2, -0.15) is 5.10 Å². The van der Waals surface area contributed by atoms with Gasteiger partial charge in [0.1, 0.15) is 17.3 Å². The van der Waals surface area contributed by atoms with Gasteiger partial charge in [-0.25, -0.2) is 9.78 Å². The summed E-state index contributed by atoms with van der Waals surface area (Å²) in [5, 5.41) is 14.5. The molecule has 1 saturated heterocycles. The first-order valence-electron chi connectivity index (χ1n) is 11.9. The monoisotopic (exact) mass is 517 g/mol. The number of para-hydroxylation sites is 1. The Morgan fingerprint density at radius 2 is 1.86 bits per heavy atom. The summed E-state index contributed by atoms with van der Waals surface area (Å²) in [5.74, 6) is 1.20. The first-order valence-corrected chi connectivity index (χ1v) is 13.4. The molecule has 10 nitrogen and oxygen atoms in total. The number of nitrogens with one attached hydrogen (secondary N) is 3. The molecule has 37 heavy (non-hydrogen) atoms. The number of benzene rings is 2. The summed E-state index contributed by atoms with van der Waals surface area (Å²) in [6.07, 6.45) is 3.55. The molecule has 3 heterocycles. The topological polar surface area (TPSA) is 127 Å². The molecule has 0 saturated carbocycles. The molecule has 4 aromatic rings. The van der Waals surface area contributed by atoms with Crippen molar-refractivity contribution in [3.05, 3.63) is 78.1 Å². The van der Waals surface area contributed by atoms with Crippen LogP contribution >= 0.6 is 0 Å². The Balaban J connectivity index is 1.22. The zero-order valence-corrected chi connectivity index (χ0v) is 21.1. The van der Waals surface area contributed by atoms with Crippen LogP contribution < -0.4 is 16.0 Å². The van der Waals surface area contributed by atoms with E-state index in [-0.39, 0.29) is 11.9 Å². The van der Waals surface area contributed by atoms with Crippen molar-refractivity contribution in [2.45, 2.75) is 6.54 Å². The first-order chi connectivity index (χ1) is 17.9. The Morgan fingerprint density at radius 1 is 1.05 bits per heavy atom. The third kappa shape index (κ3) is 6.01. The number of carbonyl (C=O) groups excluding carboxylic acids is 2. The highest BCUT2D eigenvalue weighted by Gasteiger charge is 2.23. The number of hydrogen-bond acceptors (Lipinski definition) is 6. The van der Waals surface area contributed by atoms with Crippen LogP contribution in [0, 0.1) is 0 Å². The molecule has 3 amide bonds. The average molecular weight is 518 g/mol. The van der Waals surface area contributed by atoms with Gasteiger partial charge in [0.2, 0.25) is 0 Å². The Kier molecular flexibility index (Phi) is 7.24. The molecule has 0 bridgehead atoms. The standard InChI is InChI=1S/C26H27N7O3S/c1-32-17-19-6-7-20(15-23(19)31-32)29-25(34)21-4-2-3-5-22(21)28-16-18-8-9-27-24(14-18)30-26(35)33-10-12-37(36)13-11-33/h2-9,14-15,17,28H,10-13,16H2,1H3,(H,29,34)(H,27,30,35). The van der Waals surface area contributed by atoms with Crippen molar-refractivity contribution < 1.29 is 14.1 Å². The van der Waals surface area contributed by atoms with Crippen LogP contribution in [0.25, 0.3) is 10.9 Å². The number of amides is 3. The van der Waals surface area contributed by atoms with Gasteiger partial charge >= 0.3 is 6.03 Å². The molecule has 1 fully saturated rings. The smallest absolute Gasteiger partial charge is 0.323 e. The van der Waals surface area contributed by atoms with Crippen LogP contribution in [-0.4, -0.2) is 60.8 Å². The molecule has 0 aliphatic carbocycles. The van der Waals surface area contributed by atoms with E-state index in [0.29, 0.717) is 53.9 Å². The molecular weight excluding hydrogens is 490 g/mol. The van der Waals surface area contributed by atoms with Gasteiger partial charge in [-0.1, -0.05) is 23.3 Å². The summed E-state index contributed by atoms with van der Waals surface area (Å²) < 4.78 is 13.3. The molecule has 5 rings (SSSR count). The number of carbonyl (C=O) groups is 2. The van der Waals surface area contributed by atoms with Crippen molar-refractivity contribution in [3.8, 4) is 0 Å². The third-order valence-corrected chi connectivity index (χ3v) is 7.33. The average Bonchev–Trinajstić information content (AvgIpc) is 3.27. The van der Waals surface area contributed by atoms with Gasteiger partial charge in [-0.3, -0.25) is 14.8 Å². The predicted molar refractivity (Wildman–Crippen MR) is 145 cm³/mol. The highest BCUT2D eigenvalue weighted by molar-refractivity contribution is 7.91. The molecule has 2 aromatic heterocycles. The molecule has 2 aromatic carbocycles. The van der Waals surface area contributed by atoms with Crippen molar-refractivity contribution in [1.82, 2.24) is 19.7 Å². The third-order valence-electron chi connectivity index (χ3n) is 6.06. The van der Waals surface area contributed by atoms with Crippen LogP contribution in [0.3, 0.4) is 0 Å². The van der Waals surface area contributed by atoms with Crippen molar-refractivity contribution in [2.75, 3.05) is 40.5 Å². The predicted octanol–water partition coefficient (Wildman–Crippen LogP) is 3.43. The quantitative estimate of drug-likeness (QED) is 0.336. The second-order valence-electron chi connectivity index (χ2n) is 8.74. The van der Waals surface area contributed by atoms with Gasteiger partial charge < -0.3 is 20.1 Å². The fourth-order valence-corrected chi connectivity index (χ4v) is 5.18. The zero-order chi connectivity index (χ0) is 25.8. The molecule has 1 aliphatic heterocycles. The fourth-order valence-electron chi connectivity index (χ4n) is 4.13. The van der Waals surface area contributed by atoms with Crippen LogP contribution in [0.5, 0.6) is 0 Å². The van der Waals surface area contributed by atoms with Crippen LogP contribution in [-0.2, 0) is 24.8 Å². The minimum absolute atomic E-state index is 0.233. The van der Waals surface area contributed by atoms with Crippen LogP contribution in [0.1, 0.15) is 15.9 Å². The fraction of sp³-hybridized carbons (Fsp3) is 0.231. The maximum atomic E-state index is 13.1. The number of aryl methyl sites for hydroxylation is 1. The van der Waals surface area contributed by atoms with Gasteiger partial charge in [0.05, 0.1) is 24.2 Å². The summed E-state index contributed by atoms with van der Waals surface area (Å²) >= 11 is -0.848. The van der Waals surface area contributed by atoms with Gasteiger partial charge in [0.25, 0.3) is 5.91 Å². The molecule has 190 valence electrons. The van der Waals surface area contributed by atoms with E-state index in [9.17, 15) is 14.1 Å². The van der Waals surface area contributed by atoms with Crippen molar-refractivity contribution in [2.24, 2.45) is 7.05 Å². The normalized spacial score (nSPS) is 13.9. The zero-order valence-electron chi connectivity index (χ0n) is 20.3. The van der Waals surface area contributed by atoms with Gasteiger partial charge in [0.15, 0.2) is 0 Å². The number of hydrogen-bond donors (Lipinski definition) is 3. The maximum Gasteiger partial charge on any atom is 0.323 e. The minimum Gasteiger partial charge on any atom is -0.616 e. The van der Waals surface area contributed by atoms with Crippen LogP contribution in [0.4, 0.5) is 22.0 Å². The SMILES string of the molecule is Cn1cc2ccc(NC(=O)c3ccccc3NCc3ccnc(NC(=O)N4CC[S+]([O-])CC4)c3)cc2n1. The molecule has 3 N–H and O–H groups in total. The molecule has 0 unspecified atom stereocenters. The van der Waals surface area contributed by atoms with Crippen LogP contribution in [0.15, 0.2) is 67.0 Å². The van der Waals surface area contributed by atoms with E-state index in [4.69, 9.17) is 0 Å². The van der Waals surface area contributed by atoms with Crippen molar-refractivity contribution in [1.29, 1.82) is 0 Å². The minimum atomic E-state index is -0.848. The number of rotatable bonds is 6. The van der Waals surface area contributed by atoms with Crippen molar-refractivity contribution >= 4 is 51.2 Å². The Labute approximate surface area is 217 Å². The van der Waals surface area contributed by atoms with Gasteiger partial charge in [-0.05, 0) is 48.0 Å². The largest absolute Gasteiger partial charge is 0.616 e. The lowest BCUT2D eigenvalue weighted by Gasteiger charge is -2.28. The summed E-state index contributed by atoms with van der Waals surface area (Å²) in [7, 11) is 1.86. The molecule has 0 radical (unpaired) electrons. The van der Waals surface area contributed by atoms with E-state index in [1.54, 1.807) is 27.9 Å². The Bertz CT molecular complexity index is 1430. The highest BCUT2D eigenvalue weighted by Crippen LogP contribution is 2.21. The number of fused-ring (bicyclic) bond motifs is 1. The number of aromatic nitrogens is 3. The summed E-state index contributed by atoms with van der Waals surface area (Å²) in [5.41, 5.74) is 3.56. The van der Waals surface area contributed by atoms with Gasteiger partial charge in [-0.15, -0.1) is 0 Å². The van der Waals surface area contributed by atoms with Crippen molar-refractivity contribution in [3.63, 3.8) is 0 Å². The number of anilines is 3. The second-order valence-corrected chi connectivity index (χ2v) is 10.4. The van der Waals surface area contributed by atoms with Gasteiger partial charge in [0, 0.05) is 42.7 Å².